The van der Waals surface area contributed by atoms with Crippen molar-refractivity contribution in [3.05, 3.63) is 144 Å². The Bertz CT molecular complexity index is 1760. The van der Waals surface area contributed by atoms with Crippen LogP contribution in [0.1, 0.15) is 191 Å². The van der Waals surface area contributed by atoms with E-state index in [0.29, 0.717) is 23.0 Å². The number of benzene rings is 4. The van der Waals surface area contributed by atoms with Crippen LogP contribution in [0.3, 0.4) is 0 Å². The second kappa shape index (κ2) is 33.9. The minimum absolute atomic E-state index is 0.0218. The molecule has 67 heavy (non-hydrogen) atoms. The summed E-state index contributed by atoms with van der Waals surface area (Å²) in [7, 11) is 0. The fourth-order valence-electron chi connectivity index (χ4n) is 8.43. The average molecular weight is 917 g/mol. The molecule has 4 aromatic rings. The SMILES string of the molecule is CCCC/C=C/CCCCCCCCCc1cccc(OC(O)COc2ccc(C(C)(C)c3ccc(OCC(O)Oc4cccc(CCCCCCCCC/C=C/CCCC)c4)cc3)cc2)c1. The van der Waals surface area contributed by atoms with Gasteiger partial charge in [0, 0.05) is 5.41 Å². The molecule has 6 nitrogen and oxygen atoms in total. The van der Waals surface area contributed by atoms with Crippen molar-refractivity contribution in [2.75, 3.05) is 13.2 Å². The highest BCUT2D eigenvalue weighted by Gasteiger charge is 2.23. The van der Waals surface area contributed by atoms with Crippen LogP contribution in [0.15, 0.2) is 121 Å². The third kappa shape index (κ3) is 23.9. The van der Waals surface area contributed by atoms with Gasteiger partial charge in [0.05, 0.1) is 0 Å². The number of unbranched alkanes of at least 4 members (excludes halogenated alkanes) is 18. The van der Waals surface area contributed by atoms with Gasteiger partial charge in [-0.25, -0.2) is 0 Å². The summed E-state index contributed by atoms with van der Waals surface area (Å²) in [4.78, 5) is 0. The van der Waals surface area contributed by atoms with Crippen molar-refractivity contribution in [1.29, 1.82) is 0 Å². The van der Waals surface area contributed by atoms with Gasteiger partial charge in [0.25, 0.3) is 0 Å². The van der Waals surface area contributed by atoms with Crippen LogP contribution in [-0.4, -0.2) is 36.0 Å². The smallest absolute Gasteiger partial charge is 0.231 e. The molecule has 0 radical (unpaired) electrons. The van der Waals surface area contributed by atoms with Crippen molar-refractivity contribution in [2.24, 2.45) is 0 Å². The number of hydrogen-bond donors (Lipinski definition) is 2. The number of aliphatic hydroxyl groups is 2. The zero-order valence-electron chi connectivity index (χ0n) is 42.1. The maximum Gasteiger partial charge on any atom is 0.231 e. The second-order valence-electron chi connectivity index (χ2n) is 19.0. The Morgan fingerprint density at radius 1 is 0.418 bits per heavy atom. The first-order valence-corrected chi connectivity index (χ1v) is 26.4. The standard InChI is InChI=1S/C61H88O6/c1-5-7-9-11-13-15-17-19-21-23-25-27-29-33-51-35-31-37-57(47-51)66-59(62)49-64-55-43-39-53(40-44-55)61(3,4)54-41-45-56(46-42-54)65-50-60(63)67-58-38-32-36-52(48-58)34-30-28-26-24-22-20-18-16-14-12-10-8-6-2/h11-14,31-32,35-48,59-60,62-63H,5-10,15-30,33-34,49-50H2,1-4H3/b13-11+,14-12+. The monoisotopic (exact) mass is 917 g/mol. The second-order valence-corrected chi connectivity index (χ2v) is 19.0. The number of rotatable bonds is 38. The van der Waals surface area contributed by atoms with Crippen molar-refractivity contribution >= 4 is 0 Å². The first-order valence-electron chi connectivity index (χ1n) is 26.4. The molecule has 0 heterocycles. The molecule has 0 aromatic heterocycles. The van der Waals surface area contributed by atoms with Crippen molar-refractivity contribution < 1.29 is 29.2 Å². The Morgan fingerprint density at radius 2 is 0.761 bits per heavy atom. The number of allylic oxidation sites excluding steroid dienone is 4. The number of ether oxygens (including phenoxy) is 4. The predicted octanol–water partition coefficient (Wildman–Crippen LogP) is 16.4. The van der Waals surface area contributed by atoms with Crippen LogP contribution in [0.4, 0.5) is 0 Å². The Kier molecular flexibility index (Phi) is 27.8. The highest BCUT2D eigenvalue weighted by atomic mass is 16.6. The summed E-state index contributed by atoms with van der Waals surface area (Å²) >= 11 is 0. The first-order chi connectivity index (χ1) is 32.8. The van der Waals surface area contributed by atoms with E-state index >= 15 is 0 Å². The van der Waals surface area contributed by atoms with Crippen molar-refractivity contribution in [1.82, 2.24) is 0 Å². The van der Waals surface area contributed by atoms with E-state index in [0.717, 1.165) is 36.8 Å². The molecule has 2 N–H and O–H groups in total. The summed E-state index contributed by atoms with van der Waals surface area (Å²) in [5.41, 5.74) is 4.43. The van der Waals surface area contributed by atoms with E-state index in [2.05, 4.69) is 88.4 Å². The lowest BCUT2D eigenvalue weighted by Crippen LogP contribution is -2.24. The maximum absolute atomic E-state index is 10.7. The molecule has 0 amide bonds. The van der Waals surface area contributed by atoms with Gasteiger partial charge in [0.1, 0.15) is 23.0 Å². The van der Waals surface area contributed by atoms with E-state index in [9.17, 15) is 10.2 Å². The minimum Gasteiger partial charge on any atom is -0.487 e. The Morgan fingerprint density at radius 3 is 1.13 bits per heavy atom. The predicted molar refractivity (Wildman–Crippen MR) is 281 cm³/mol. The summed E-state index contributed by atoms with van der Waals surface area (Å²) in [5.74, 6) is 2.65. The Hall–Kier alpha value is -4.52. The van der Waals surface area contributed by atoms with E-state index < -0.39 is 12.6 Å². The fraction of sp³-hybridized carbons (Fsp3) is 0.541. The van der Waals surface area contributed by atoms with Crippen LogP contribution >= 0.6 is 0 Å². The lowest BCUT2D eigenvalue weighted by atomic mass is 9.78. The highest BCUT2D eigenvalue weighted by molar-refractivity contribution is 5.42. The molecule has 368 valence electrons. The summed E-state index contributed by atoms with van der Waals surface area (Å²) in [6.45, 7) is 8.91. The van der Waals surface area contributed by atoms with Gasteiger partial charge in [-0.05, 0) is 135 Å². The van der Waals surface area contributed by atoms with Gasteiger partial charge in [0.15, 0.2) is 13.2 Å². The van der Waals surface area contributed by atoms with Crippen molar-refractivity contribution in [3.63, 3.8) is 0 Å². The third-order valence-electron chi connectivity index (χ3n) is 12.7. The van der Waals surface area contributed by atoms with Crippen LogP contribution in [0.25, 0.3) is 0 Å². The topological polar surface area (TPSA) is 77.4 Å². The molecule has 0 aliphatic carbocycles. The molecular weight excluding hydrogens is 829 g/mol. The molecule has 0 saturated heterocycles. The molecule has 2 atom stereocenters. The van der Waals surface area contributed by atoms with E-state index in [-0.39, 0.29) is 18.6 Å². The molecule has 0 bridgehead atoms. The maximum atomic E-state index is 10.7. The van der Waals surface area contributed by atoms with Gasteiger partial charge in [-0.2, -0.15) is 0 Å². The number of hydrogen-bond acceptors (Lipinski definition) is 6. The zero-order valence-corrected chi connectivity index (χ0v) is 42.1. The largest absolute Gasteiger partial charge is 0.487 e. The average Bonchev–Trinajstić information content (AvgIpc) is 3.33. The normalized spacial score (nSPS) is 12.7. The minimum atomic E-state index is -1.08. The van der Waals surface area contributed by atoms with Crippen molar-refractivity contribution in [3.8, 4) is 23.0 Å². The summed E-state index contributed by atoms with van der Waals surface area (Å²) in [6, 6.07) is 32.1. The molecule has 4 aromatic carbocycles. The van der Waals surface area contributed by atoms with Gasteiger partial charge in [-0.3, -0.25) is 0 Å². The van der Waals surface area contributed by atoms with Gasteiger partial charge < -0.3 is 29.2 Å². The summed E-state index contributed by atoms with van der Waals surface area (Å²) in [6.07, 6.45) is 37.4. The zero-order chi connectivity index (χ0) is 47.6. The molecule has 0 aliphatic heterocycles. The Labute approximate surface area is 407 Å². The molecule has 2 unspecified atom stereocenters. The number of aliphatic hydroxyl groups excluding tert-OH is 2. The van der Waals surface area contributed by atoms with Crippen LogP contribution in [0.5, 0.6) is 23.0 Å². The van der Waals surface area contributed by atoms with Gasteiger partial charge >= 0.3 is 0 Å². The van der Waals surface area contributed by atoms with Gasteiger partial charge in [-0.1, -0.05) is 190 Å². The van der Waals surface area contributed by atoms with Gasteiger partial charge in [-0.15, -0.1) is 0 Å². The molecule has 0 spiro atoms. The van der Waals surface area contributed by atoms with Crippen LogP contribution in [-0.2, 0) is 18.3 Å². The quantitative estimate of drug-likeness (QED) is 0.0265. The lowest BCUT2D eigenvalue weighted by molar-refractivity contribution is -0.0481. The third-order valence-corrected chi connectivity index (χ3v) is 12.7. The molecule has 4 rings (SSSR count). The van der Waals surface area contributed by atoms with E-state index in [4.69, 9.17) is 18.9 Å². The van der Waals surface area contributed by atoms with Crippen LogP contribution in [0.2, 0.25) is 0 Å². The van der Waals surface area contributed by atoms with Crippen LogP contribution < -0.4 is 18.9 Å². The van der Waals surface area contributed by atoms with Crippen molar-refractivity contribution in [2.45, 2.75) is 200 Å². The van der Waals surface area contributed by atoms with E-state index in [1.54, 1.807) is 0 Å². The molecule has 0 fully saturated rings. The fourth-order valence-corrected chi connectivity index (χ4v) is 8.43. The molecule has 0 saturated carbocycles. The van der Waals surface area contributed by atoms with E-state index in [1.807, 2.05) is 60.7 Å². The van der Waals surface area contributed by atoms with Gasteiger partial charge in [0.2, 0.25) is 12.6 Å². The highest BCUT2D eigenvalue weighted by Crippen LogP contribution is 2.33. The molecule has 6 heteroatoms. The van der Waals surface area contributed by atoms with Crippen LogP contribution in [0, 0.1) is 0 Å². The van der Waals surface area contributed by atoms with E-state index in [1.165, 1.54) is 140 Å². The summed E-state index contributed by atoms with van der Waals surface area (Å²) in [5, 5.41) is 21.3. The number of aryl methyl sites for hydroxylation is 2. The summed E-state index contributed by atoms with van der Waals surface area (Å²) < 4.78 is 23.5. The Balaban J connectivity index is 1.08. The first kappa shape index (κ1) is 55.1. The molecular formula is C61H88O6. The lowest BCUT2D eigenvalue weighted by Gasteiger charge is -2.26. The molecule has 0 aliphatic rings.